The Morgan fingerprint density at radius 1 is 1.29 bits per heavy atom. The molecule has 0 saturated carbocycles. The van der Waals surface area contributed by atoms with Crippen LogP contribution in [0.2, 0.25) is 0 Å². The van der Waals surface area contributed by atoms with Crippen LogP contribution in [0.3, 0.4) is 0 Å². The lowest BCUT2D eigenvalue weighted by atomic mass is 10.2. The highest BCUT2D eigenvalue weighted by Gasteiger charge is 2.15. The molecule has 1 aromatic heterocycles. The number of nitriles is 1. The van der Waals surface area contributed by atoms with Crippen molar-refractivity contribution in [1.29, 1.82) is 5.26 Å². The van der Waals surface area contributed by atoms with Crippen LogP contribution in [0.5, 0.6) is 0 Å². The van der Waals surface area contributed by atoms with Gasteiger partial charge >= 0.3 is 0 Å². The molecule has 0 atom stereocenters. The number of nitrogens with zero attached hydrogens (tertiary/aromatic N) is 1. The van der Waals surface area contributed by atoms with Crippen LogP contribution in [0.1, 0.15) is 11.5 Å². The Balaban J connectivity index is 2.02. The molecule has 148 valence electrons. The fourth-order valence-electron chi connectivity index (χ4n) is 2.08. The van der Waals surface area contributed by atoms with Crippen molar-refractivity contribution >= 4 is 37.9 Å². The molecule has 0 radical (unpaired) electrons. The molecule has 0 bridgehead atoms. The highest BCUT2D eigenvalue weighted by atomic mass is 79.9. The molecule has 0 aliphatic rings. The molecule has 1 amide bonds. The van der Waals surface area contributed by atoms with Crippen molar-refractivity contribution in [1.82, 2.24) is 10.0 Å². The number of hydrogen-bond donors (Lipinski definition) is 2. The van der Waals surface area contributed by atoms with Crippen molar-refractivity contribution in [2.45, 2.75) is 11.4 Å². The number of carbonyl (C=O) groups is 1. The third-order valence-electron chi connectivity index (χ3n) is 3.49. The Morgan fingerprint density at radius 3 is 2.64 bits per heavy atom. The summed E-state index contributed by atoms with van der Waals surface area (Å²) in [6, 6.07) is 11.1. The topological polar surface area (TPSA) is 121 Å². The van der Waals surface area contributed by atoms with Gasteiger partial charge in [-0.05, 0) is 36.4 Å². The van der Waals surface area contributed by atoms with E-state index in [9.17, 15) is 13.2 Å². The molecular weight excluding hydrogens is 450 g/mol. The molecule has 0 aliphatic heterocycles. The zero-order chi connectivity index (χ0) is 20.6. The molecule has 1 aromatic carbocycles. The van der Waals surface area contributed by atoms with E-state index in [0.717, 1.165) is 4.47 Å². The first-order chi connectivity index (χ1) is 13.4. The van der Waals surface area contributed by atoms with Gasteiger partial charge in [-0.3, -0.25) is 4.79 Å². The van der Waals surface area contributed by atoms with Crippen molar-refractivity contribution in [3.05, 3.63) is 58.0 Å². The fraction of sp³-hybridized carbons (Fsp3) is 0.222. The average molecular weight is 468 g/mol. The molecule has 2 rings (SSSR count). The first-order valence-corrected chi connectivity index (χ1v) is 10.4. The van der Waals surface area contributed by atoms with E-state index in [1.807, 2.05) is 0 Å². The zero-order valence-corrected chi connectivity index (χ0v) is 17.3. The van der Waals surface area contributed by atoms with Crippen LogP contribution in [0.4, 0.5) is 0 Å². The van der Waals surface area contributed by atoms with Crippen molar-refractivity contribution in [2.24, 2.45) is 0 Å². The summed E-state index contributed by atoms with van der Waals surface area (Å²) in [4.78, 5) is 12.0. The van der Waals surface area contributed by atoms with Crippen LogP contribution in [0.15, 0.2) is 55.8 Å². The van der Waals surface area contributed by atoms with E-state index in [2.05, 4.69) is 26.0 Å². The van der Waals surface area contributed by atoms with Gasteiger partial charge in [0.2, 0.25) is 10.0 Å². The summed E-state index contributed by atoms with van der Waals surface area (Å²) in [6.07, 6.45) is 1.29. The lowest BCUT2D eigenvalue weighted by Gasteiger charge is -2.05. The Bertz CT molecular complexity index is 991. The van der Waals surface area contributed by atoms with Crippen molar-refractivity contribution < 1.29 is 22.4 Å². The summed E-state index contributed by atoms with van der Waals surface area (Å²) in [5.41, 5.74) is -0.132. The molecule has 1 heterocycles. The largest absolute Gasteiger partial charge is 0.460 e. The number of benzene rings is 1. The molecule has 0 fully saturated rings. The minimum Gasteiger partial charge on any atom is -0.460 e. The Labute approximate surface area is 171 Å². The Hall–Kier alpha value is -2.45. The number of methoxy groups -OCH3 is 1. The summed E-state index contributed by atoms with van der Waals surface area (Å²) in [7, 11) is -2.19. The van der Waals surface area contributed by atoms with Gasteiger partial charge in [-0.25, -0.2) is 13.1 Å². The van der Waals surface area contributed by atoms with Gasteiger partial charge in [-0.2, -0.15) is 5.26 Å². The van der Waals surface area contributed by atoms with Crippen LogP contribution in [0.25, 0.3) is 6.08 Å². The molecule has 2 aromatic rings. The van der Waals surface area contributed by atoms with E-state index in [1.165, 1.54) is 25.3 Å². The molecule has 0 aliphatic carbocycles. The fourth-order valence-corrected chi connectivity index (χ4v) is 3.34. The first kappa shape index (κ1) is 21.8. The smallest absolute Gasteiger partial charge is 0.262 e. The van der Waals surface area contributed by atoms with Crippen molar-refractivity contribution in [2.75, 3.05) is 20.3 Å². The van der Waals surface area contributed by atoms with E-state index in [1.54, 1.807) is 30.3 Å². The summed E-state index contributed by atoms with van der Waals surface area (Å²) < 4.78 is 38.1. The quantitative estimate of drug-likeness (QED) is 0.331. The Kier molecular flexibility index (Phi) is 7.95. The molecule has 0 saturated heterocycles. The number of hydrogen-bond acceptors (Lipinski definition) is 6. The van der Waals surface area contributed by atoms with Gasteiger partial charge in [0.25, 0.3) is 5.91 Å². The molecule has 10 heteroatoms. The lowest BCUT2D eigenvalue weighted by molar-refractivity contribution is -0.117. The second-order valence-corrected chi connectivity index (χ2v) is 8.18. The minimum absolute atomic E-state index is 0.0752. The molecular formula is C18H18BrN3O5S. The highest BCUT2D eigenvalue weighted by Crippen LogP contribution is 2.16. The second kappa shape index (κ2) is 10.2. The molecule has 28 heavy (non-hydrogen) atoms. The van der Waals surface area contributed by atoms with Gasteiger partial charge in [0, 0.05) is 24.2 Å². The van der Waals surface area contributed by atoms with Crippen LogP contribution in [-0.4, -0.2) is 34.6 Å². The number of carbonyl (C=O) groups excluding carboxylic acids is 1. The number of rotatable bonds is 9. The first-order valence-electron chi connectivity index (χ1n) is 8.08. The SMILES string of the molecule is COCCNC(=O)/C(C#N)=C\c1ccc(CNS(=O)(=O)c2ccc(Br)cc2)o1. The van der Waals surface area contributed by atoms with E-state index in [-0.39, 0.29) is 29.3 Å². The van der Waals surface area contributed by atoms with Crippen molar-refractivity contribution in [3.8, 4) is 6.07 Å². The normalized spacial score (nSPS) is 11.8. The average Bonchev–Trinajstić information content (AvgIpc) is 3.12. The number of amides is 1. The maximum atomic E-state index is 12.3. The van der Waals surface area contributed by atoms with Gasteiger partial charge in [0.15, 0.2) is 0 Å². The zero-order valence-electron chi connectivity index (χ0n) is 14.9. The second-order valence-electron chi connectivity index (χ2n) is 5.50. The van der Waals surface area contributed by atoms with Gasteiger partial charge < -0.3 is 14.5 Å². The standard InChI is InChI=1S/C18H18BrN3O5S/c1-26-9-8-21-18(23)13(11-20)10-15-4-5-16(27-15)12-22-28(24,25)17-6-2-14(19)3-7-17/h2-7,10,22H,8-9,12H2,1H3,(H,21,23)/b13-10-. The summed E-state index contributed by atoms with van der Waals surface area (Å²) in [6.45, 7) is 0.525. The predicted molar refractivity (Wildman–Crippen MR) is 105 cm³/mol. The van der Waals surface area contributed by atoms with Crippen LogP contribution in [-0.2, 0) is 26.1 Å². The minimum atomic E-state index is -3.69. The number of nitrogens with one attached hydrogen (secondary N) is 2. The maximum absolute atomic E-state index is 12.3. The third kappa shape index (κ3) is 6.31. The van der Waals surface area contributed by atoms with E-state index in [4.69, 9.17) is 14.4 Å². The Morgan fingerprint density at radius 2 is 2.00 bits per heavy atom. The maximum Gasteiger partial charge on any atom is 0.262 e. The number of furan rings is 1. The summed E-state index contributed by atoms with van der Waals surface area (Å²) >= 11 is 3.25. The van der Waals surface area contributed by atoms with E-state index < -0.39 is 15.9 Å². The third-order valence-corrected chi connectivity index (χ3v) is 5.43. The van der Waals surface area contributed by atoms with Crippen LogP contribution in [0, 0.1) is 11.3 Å². The van der Waals surface area contributed by atoms with Gasteiger partial charge in [-0.15, -0.1) is 0 Å². The summed E-state index contributed by atoms with van der Waals surface area (Å²) in [5.74, 6) is 0.0498. The van der Waals surface area contributed by atoms with Crippen LogP contribution >= 0.6 is 15.9 Å². The van der Waals surface area contributed by atoms with Crippen molar-refractivity contribution in [3.63, 3.8) is 0 Å². The summed E-state index contributed by atoms with van der Waals surface area (Å²) in [5, 5.41) is 11.7. The van der Waals surface area contributed by atoms with Gasteiger partial charge in [0.1, 0.15) is 23.2 Å². The van der Waals surface area contributed by atoms with Gasteiger partial charge in [0.05, 0.1) is 18.0 Å². The molecule has 8 nitrogen and oxygen atoms in total. The lowest BCUT2D eigenvalue weighted by Crippen LogP contribution is -2.27. The van der Waals surface area contributed by atoms with E-state index in [0.29, 0.717) is 12.4 Å². The number of halogens is 1. The monoisotopic (exact) mass is 467 g/mol. The van der Waals surface area contributed by atoms with E-state index >= 15 is 0 Å². The molecule has 0 spiro atoms. The van der Waals surface area contributed by atoms with Crippen LogP contribution < -0.4 is 10.0 Å². The number of sulfonamides is 1. The number of ether oxygens (including phenoxy) is 1. The predicted octanol–water partition coefficient (Wildman–Crippen LogP) is 2.19. The van der Waals surface area contributed by atoms with Gasteiger partial charge in [-0.1, -0.05) is 15.9 Å². The highest BCUT2D eigenvalue weighted by molar-refractivity contribution is 9.10. The molecule has 0 unspecified atom stereocenters. The molecule has 2 N–H and O–H groups in total.